The van der Waals surface area contributed by atoms with Gasteiger partial charge in [0.25, 0.3) is 0 Å². The van der Waals surface area contributed by atoms with Crippen molar-refractivity contribution >= 4 is 11.4 Å². The van der Waals surface area contributed by atoms with Gasteiger partial charge in [-0.15, -0.1) is 0 Å². The molecular formula is C15H10N2. The smallest absolute Gasteiger partial charge is 0.190 e. The molecular weight excluding hydrogens is 208 g/mol. The molecule has 0 aliphatic carbocycles. The van der Waals surface area contributed by atoms with Crippen LogP contribution in [-0.2, 0) is 6.42 Å². The molecule has 80 valence electrons. The highest BCUT2D eigenvalue weighted by molar-refractivity contribution is 5.54. The van der Waals surface area contributed by atoms with Gasteiger partial charge in [-0.2, -0.15) is 0 Å². The van der Waals surface area contributed by atoms with Crippen LogP contribution in [0, 0.1) is 13.1 Å². The maximum absolute atomic E-state index is 7.10. The Morgan fingerprint density at radius 3 is 2.18 bits per heavy atom. The fraction of sp³-hybridized carbons (Fsp3) is 0.0667. The first kappa shape index (κ1) is 10.9. The fourth-order valence-electron chi connectivity index (χ4n) is 1.68. The summed E-state index contributed by atoms with van der Waals surface area (Å²) in [7, 11) is 0. The van der Waals surface area contributed by atoms with E-state index in [0.717, 1.165) is 17.5 Å². The summed E-state index contributed by atoms with van der Waals surface area (Å²) in [5.74, 6) is 0. The van der Waals surface area contributed by atoms with Crippen LogP contribution in [0.5, 0.6) is 0 Å². The van der Waals surface area contributed by atoms with E-state index in [1.165, 1.54) is 0 Å². The molecule has 0 N–H and O–H groups in total. The molecule has 2 heteroatoms. The maximum atomic E-state index is 7.10. The summed E-state index contributed by atoms with van der Waals surface area (Å²) >= 11 is 0. The molecule has 2 nitrogen and oxygen atoms in total. The van der Waals surface area contributed by atoms with E-state index in [4.69, 9.17) is 13.1 Å². The Hall–Kier alpha value is -2.58. The molecule has 0 unspecified atom stereocenters. The van der Waals surface area contributed by atoms with Gasteiger partial charge in [0.15, 0.2) is 11.4 Å². The van der Waals surface area contributed by atoms with Gasteiger partial charge < -0.3 is 0 Å². The van der Waals surface area contributed by atoms with Gasteiger partial charge in [0, 0.05) is 0 Å². The van der Waals surface area contributed by atoms with E-state index in [1.807, 2.05) is 48.5 Å². The van der Waals surface area contributed by atoms with Crippen LogP contribution in [0.2, 0.25) is 0 Å². The molecule has 0 saturated heterocycles. The van der Waals surface area contributed by atoms with Crippen LogP contribution in [-0.4, -0.2) is 0 Å². The largest absolute Gasteiger partial charge is 0.238 e. The quantitative estimate of drug-likeness (QED) is 0.661. The van der Waals surface area contributed by atoms with Crippen molar-refractivity contribution < 1.29 is 0 Å². The molecule has 2 aromatic carbocycles. The van der Waals surface area contributed by atoms with Gasteiger partial charge in [0.05, 0.1) is 13.1 Å². The Morgan fingerprint density at radius 2 is 1.53 bits per heavy atom. The highest BCUT2D eigenvalue weighted by atomic mass is 14.6. The Bertz CT molecular complexity index is 598. The zero-order valence-electron chi connectivity index (χ0n) is 9.22. The summed E-state index contributed by atoms with van der Waals surface area (Å²) in [5.41, 5.74) is 3.49. The van der Waals surface area contributed by atoms with E-state index in [0.29, 0.717) is 11.4 Å². The molecule has 0 radical (unpaired) electrons. The number of hydrogen-bond donors (Lipinski definition) is 0. The Labute approximate surface area is 101 Å². The topological polar surface area (TPSA) is 8.72 Å². The number of benzene rings is 2. The zero-order chi connectivity index (χ0) is 12.1. The second-order valence-electron chi connectivity index (χ2n) is 3.70. The van der Waals surface area contributed by atoms with E-state index in [2.05, 4.69) is 9.69 Å². The van der Waals surface area contributed by atoms with Crippen LogP contribution >= 0.6 is 0 Å². The van der Waals surface area contributed by atoms with Gasteiger partial charge in [-0.3, -0.25) is 0 Å². The molecule has 2 aromatic rings. The average molecular weight is 218 g/mol. The predicted octanol–water partition coefficient (Wildman–Crippen LogP) is 4.38. The molecule has 0 aliphatic heterocycles. The molecule has 0 saturated carbocycles. The maximum Gasteiger partial charge on any atom is 0.190 e. The molecule has 0 aliphatic rings. The van der Waals surface area contributed by atoms with Crippen molar-refractivity contribution in [2.45, 2.75) is 6.42 Å². The molecule has 0 amide bonds. The second-order valence-corrected chi connectivity index (χ2v) is 3.70. The number of rotatable bonds is 2. The van der Waals surface area contributed by atoms with Crippen molar-refractivity contribution in [2.24, 2.45) is 0 Å². The molecule has 0 heterocycles. The van der Waals surface area contributed by atoms with Crippen molar-refractivity contribution in [1.82, 2.24) is 0 Å². The Kier molecular flexibility index (Phi) is 3.19. The van der Waals surface area contributed by atoms with Crippen LogP contribution in [0.25, 0.3) is 9.69 Å². The number of para-hydroxylation sites is 1. The molecule has 0 atom stereocenters. The van der Waals surface area contributed by atoms with Gasteiger partial charge in [-0.1, -0.05) is 48.5 Å². The van der Waals surface area contributed by atoms with Gasteiger partial charge in [0.1, 0.15) is 0 Å². The molecule has 17 heavy (non-hydrogen) atoms. The van der Waals surface area contributed by atoms with Crippen molar-refractivity contribution in [3.8, 4) is 0 Å². The summed E-state index contributed by atoms with van der Waals surface area (Å²) in [5, 5.41) is 0. The van der Waals surface area contributed by atoms with Crippen LogP contribution in [0.15, 0.2) is 48.5 Å². The Balaban J connectivity index is 2.26. The minimum atomic E-state index is 0.646. The minimum Gasteiger partial charge on any atom is -0.238 e. The van der Waals surface area contributed by atoms with Gasteiger partial charge >= 0.3 is 0 Å². The zero-order valence-corrected chi connectivity index (χ0v) is 9.22. The second kappa shape index (κ2) is 4.96. The van der Waals surface area contributed by atoms with Crippen molar-refractivity contribution in [2.75, 3.05) is 0 Å². The first-order valence-electron chi connectivity index (χ1n) is 5.25. The molecule has 0 aromatic heterocycles. The fourth-order valence-corrected chi connectivity index (χ4v) is 1.68. The van der Waals surface area contributed by atoms with Gasteiger partial charge in [-0.05, 0) is 17.5 Å². The van der Waals surface area contributed by atoms with Crippen molar-refractivity contribution in [3.63, 3.8) is 0 Å². The lowest BCUT2D eigenvalue weighted by Crippen LogP contribution is -1.87. The first-order valence-corrected chi connectivity index (χ1v) is 5.25. The van der Waals surface area contributed by atoms with E-state index >= 15 is 0 Å². The van der Waals surface area contributed by atoms with E-state index in [1.54, 1.807) is 0 Å². The summed E-state index contributed by atoms with van der Waals surface area (Å²) < 4.78 is 0. The summed E-state index contributed by atoms with van der Waals surface area (Å²) in [6.07, 6.45) is 0.733. The molecule has 0 fully saturated rings. The average Bonchev–Trinajstić information content (AvgIpc) is 2.40. The SMILES string of the molecule is [C-]#[N+]c1ccc(Cc2ccccc2[N+]#[C-])cc1. The van der Waals surface area contributed by atoms with Crippen LogP contribution in [0.1, 0.15) is 11.1 Å². The third-order valence-corrected chi connectivity index (χ3v) is 2.57. The summed E-state index contributed by atoms with van der Waals surface area (Å²) in [4.78, 5) is 6.86. The van der Waals surface area contributed by atoms with E-state index < -0.39 is 0 Å². The predicted molar refractivity (Wildman–Crippen MR) is 68.2 cm³/mol. The van der Waals surface area contributed by atoms with E-state index in [9.17, 15) is 0 Å². The van der Waals surface area contributed by atoms with Crippen LogP contribution in [0.4, 0.5) is 11.4 Å². The molecule has 2 rings (SSSR count). The van der Waals surface area contributed by atoms with Gasteiger partial charge in [0.2, 0.25) is 0 Å². The highest BCUT2D eigenvalue weighted by Crippen LogP contribution is 2.22. The third-order valence-electron chi connectivity index (χ3n) is 2.57. The normalized spacial score (nSPS) is 9.29. The van der Waals surface area contributed by atoms with Crippen molar-refractivity contribution in [1.29, 1.82) is 0 Å². The lowest BCUT2D eigenvalue weighted by molar-refractivity contribution is 1.20. The van der Waals surface area contributed by atoms with E-state index in [-0.39, 0.29) is 0 Å². The van der Waals surface area contributed by atoms with Crippen molar-refractivity contribution in [3.05, 3.63) is 82.5 Å². The standard InChI is InChI=1S/C15H10N2/c1-16-14-9-7-12(8-10-14)11-13-5-3-4-6-15(13)17-2/h3-10H,11H2. The number of nitrogens with zero attached hydrogens (tertiary/aromatic N) is 2. The lowest BCUT2D eigenvalue weighted by Gasteiger charge is -2.04. The summed E-state index contributed by atoms with van der Waals surface area (Å²) in [6, 6.07) is 15.1. The summed E-state index contributed by atoms with van der Waals surface area (Å²) in [6.45, 7) is 14.0. The minimum absolute atomic E-state index is 0.646. The number of hydrogen-bond acceptors (Lipinski definition) is 0. The van der Waals surface area contributed by atoms with Gasteiger partial charge in [-0.25, -0.2) is 9.69 Å². The molecule has 0 bridgehead atoms. The van der Waals surface area contributed by atoms with Crippen LogP contribution < -0.4 is 0 Å². The van der Waals surface area contributed by atoms with Crippen LogP contribution in [0.3, 0.4) is 0 Å². The Morgan fingerprint density at radius 1 is 0.824 bits per heavy atom. The highest BCUT2D eigenvalue weighted by Gasteiger charge is 2.02. The lowest BCUT2D eigenvalue weighted by atomic mass is 10.0. The third kappa shape index (κ3) is 2.51. The monoisotopic (exact) mass is 218 g/mol. The molecule has 0 spiro atoms. The first-order chi connectivity index (χ1) is 8.33.